The zero-order valence-electron chi connectivity index (χ0n) is 11.7. The Morgan fingerprint density at radius 2 is 2.06 bits per heavy atom. The third kappa shape index (κ3) is 3.45. The van der Waals surface area contributed by atoms with Crippen molar-refractivity contribution in [1.29, 1.82) is 0 Å². The van der Waals surface area contributed by atoms with Crippen LogP contribution in [0.3, 0.4) is 0 Å². The number of likely N-dealkylation sites (tertiary alicyclic amines) is 1. The highest BCUT2D eigenvalue weighted by Crippen LogP contribution is 2.24. The Labute approximate surface area is 110 Å². The smallest absolute Gasteiger partial charge is 0.224 e. The summed E-state index contributed by atoms with van der Waals surface area (Å²) in [5, 5.41) is 0. The van der Waals surface area contributed by atoms with Crippen LogP contribution in [0.15, 0.2) is 0 Å². The number of rotatable bonds is 4. The van der Waals surface area contributed by atoms with Gasteiger partial charge in [-0.2, -0.15) is 0 Å². The first kappa shape index (κ1) is 13.8. The summed E-state index contributed by atoms with van der Waals surface area (Å²) in [7, 11) is 0. The molecule has 0 aromatic carbocycles. The van der Waals surface area contributed by atoms with Crippen molar-refractivity contribution in [2.24, 2.45) is 5.92 Å². The molecule has 2 rings (SSSR count). The number of morpholine rings is 1. The van der Waals surface area contributed by atoms with Crippen LogP contribution in [0.2, 0.25) is 0 Å². The van der Waals surface area contributed by atoms with Gasteiger partial charge in [-0.25, -0.2) is 0 Å². The van der Waals surface area contributed by atoms with Crippen LogP contribution in [-0.2, 0) is 9.53 Å². The molecule has 2 aliphatic heterocycles. The molecule has 4 nitrogen and oxygen atoms in total. The summed E-state index contributed by atoms with van der Waals surface area (Å²) in [4.78, 5) is 16.5. The Morgan fingerprint density at radius 1 is 1.33 bits per heavy atom. The van der Waals surface area contributed by atoms with Crippen LogP contribution in [0.5, 0.6) is 0 Å². The largest absolute Gasteiger partial charge is 0.378 e. The zero-order chi connectivity index (χ0) is 13.0. The van der Waals surface area contributed by atoms with Crippen molar-refractivity contribution in [3.05, 3.63) is 0 Å². The standard InChI is InChI=1S/C14H26N2O2/c1-3-13-10-12(2)11-16(13)5-4-14(17)15-6-8-18-9-7-15/h12-13H,3-11H2,1-2H3/t12-,13-/m1/s1. The molecule has 4 heteroatoms. The molecule has 2 saturated heterocycles. The molecule has 2 heterocycles. The minimum absolute atomic E-state index is 0.299. The molecule has 0 aromatic rings. The number of amides is 1. The van der Waals surface area contributed by atoms with Crippen LogP contribution in [0, 0.1) is 5.92 Å². The summed E-state index contributed by atoms with van der Waals surface area (Å²) in [6.07, 6.45) is 3.17. The van der Waals surface area contributed by atoms with Gasteiger partial charge in [0.2, 0.25) is 5.91 Å². The number of ether oxygens (including phenoxy) is 1. The number of nitrogens with zero attached hydrogens (tertiary/aromatic N) is 2. The van der Waals surface area contributed by atoms with E-state index in [-0.39, 0.29) is 0 Å². The summed E-state index contributed by atoms with van der Waals surface area (Å²) >= 11 is 0. The fourth-order valence-electron chi connectivity index (χ4n) is 3.15. The highest BCUT2D eigenvalue weighted by Gasteiger charge is 2.28. The molecule has 1 amide bonds. The van der Waals surface area contributed by atoms with Crippen LogP contribution in [-0.4, -0.2) is 61.1 Å². The maximum Gasteiger partial charge on any atom is 0.224 e. The van der Waals surface area contributed by atoms with Gasteiger partial charge >= 0.3 is 0 Å². The van der Waals surface area contributed by atoms with E-state index >= 15 is 0 Å². The summed E-state index contributed by atoms with van der Waals surface area (Å²) in [5.74, 6) is 1.08. The topological polar surface area (TPSA) is 32.8 Å². The van der Waals surface area contributed by atoms with Crippen molar-refractivity contribution in [2.75, 3.05) is 39.4 Å². The van der Waals surface area contributed by atoms with E-state index in [1.807, 2.05) is 4.90 Å². The second-order valence-corrected chi connectivity index (χ2v) is 5.64. The van der Waals surface area contributed by atoms with E-state index in [4.69, 9.17) is 4.74 Å². The molecule has 0 aromatic heterocycles. The first-order valence-corrected chi connectivity index (χ1v) is 7.30. The Bertz CT molecular complexity index is 277. The first-order valence-electron chi connectivity index (χ1n) is 7.30. The van der Waals surface area contributed by atoms with Crippen molar-refractivity contribution >= 4 is 5.91 Å². The van der Waals surface area contributed by atoms with Gasteiger partial charge in [0.1, 0.15) is 0 Å². The van der Waals surface area contributed by atoms with Crippen molar-refractivity contribution < 1.29 is 9.53 Å². The minimum Gasteiger partial charge on any atom is -0.378 e. The van der Waals surface area contributed by atoms with Crippen LogP contribution in [0.1, 0.15) is 33.1 Å². The molecule has 0 unspecified atom stereocenters. The van der Waals surface area contributed by atoms with Gasteiger partial charge in [-0.1, -0.05) is 13.8 Å². The first-order chi connectivity index (χ1) is 8.70. The fourth-order valence-corrected chi connectivity index (χ4v) is 3.15. The maximum atomic E-state index is 12.1. The molecule has 0 N–H and O–H groups in total. The molecule has 104 valence electrons. The van der Waals surface area contributed by atoms with Gasteiger partial charge < -0.3 is 9.64 Å². The predicted octanol–water partition coefficient (Wildman–Crippen LogP) is 1.36. The fraction of sp³-hybridized carbons (Fsp3) is 0.929. The molecular weight excluding hydrogens is 228 g/mol. The lowest BCUT2D eigenvalue weighted by Crippen LogP contribution is -2.42. The van der Waals surface area contributed by atoms with Crippen molar-refractivity contribution in [3.63, 3.8) is 0 Å². The lowest BCUT2D eigenvalue weighted by molar-refractivity contribution is -0.135. The van der Waals surface area contributed by atoms with Gasteiger partial charge in [-0.3, -0.25) is 9.69 Å². The van der Waals surface area contributed by atoms with E-state index in [0.717, 1.165) is 32.1 Å². The van der Waals surface area contributed by atoms with Gasteiger partial charge in [-0.05, 0) is 18.8 Å². The minimum atomic E-state index is 0.299. The average molecular weight is 254 g/mol. The van der Waals surface area contributed by atoms with Crippen LogP contribution in [0.4, 0.5) is 0 Å². The molecule has 0 radical (unpaired) electrons. The molecule has 2 fully saturated rings. The normalized spacial score (nSPS) is 29.8. The molecule has 2 atom stereocenters. The Balaban J connectivity index is 1.74. The van der Waals surface area contributed by atoms with E-state index in [9.17, 15) is 4.79 Å². The quantitative estimate of drug-likeness (QED) is 0.759. The summed E-state index contributed by atoms with van der Waals surface area (Å²) < 4.78 is 5.27. The van der Waals surface area contributed by atoms with Crippen molar-refractivity contribution in [1.82, 2.24) is 9.80 Å². The monoisotopic (exact) mass is 254 g/mol. The van der Waals surface area contributed by atoms with Gasteiger partial charge in [0.05, 0.1) is 13.2 Å². The number of hydrogen-bond donors (Lipinski definition) is 0. The molecule has 0 bridgehead atoms. The van der Waals surface area contributed by atoms with E-state index < -0.39 is 0 Å². The molecular formula is C14H26N2O2. The third-order valence-corrected chi connectivity index (χ3v) is 4.18. The van der Waals surface area contributed by atoms with Crippen molar-refractivity contribution in [2.45, 2.75) is 39.2 Å². The molecule has 18 heavy (non-hydrogen) atoms. The molecule has 0 spiro atoms. The van der Waals surface area contributed by atoms with Crippen LogP contribution >= 0.6 is 0 Å². The second-order valence-electron chi connectivity index (χ2n) is 5.64. The van der Waals surface area contributed by atoms with E-state index in [1.165, 1.54) is 12.8 Å². The molecule has 0 aliphatic carbocycles. The summed E-state index contributed by atoms with van der Waals surface area (Å²) in [5.41, 5.74) is 0. The third-order valence-electron chi connectivity index (χ3n) is 4.18. The SMILES string of the molecule is CC[C@@H]1C[C@@H](C)CN1CCC(=O)N1CCOCC1. The predicted molar refractivity (Wildman–Crippen MR) is 71.4 cm³/mol. The Morgan fingerprint density at radius 3 is 2.72 bits per heavy atom. The number of carbonyl (C=O) groups is 1. The van der Waals surface area contributed by atoms with Gasteiger partial charge in [-0.15, -0.1) is 0 Å². The maximum absolute atomic E-state index is 12.1. The van der Waals surface area contributed by atoms with Gasteiger partial charge in [0.25, 0.3) is 0 Å². The molecule has 2 aliphatic rings. The highest BCUT2D eigenvalue weighted by atomic mass is 16.5. The lowest BCUT2D eigenvalue weighted by Gasteiger charge is -2.28. The lowest BCUT2D eigenvalue weighted by atomic mass is 10.1. The Hall–Kier alpha value is -0.610. The van der Waals surface area contributed by atoms with E-state index in [0.29, 0.717) is 31.6 Å². The van der Waals surface area contributed by atoms with Crippen LogP contribution < -0.4 is 0 Å². The van der Waals surface area contributed by atoms with Crippen molar-refractivity contribution in [3.8, 4) is 0 Å². The average Bonchev–Trinajstić information content (AvgIpc) is 2.77. The van der Waals surface area contributed by atoms with Gasteiger partial charge in [0.15, 0.2) is 0 Å². The van der Waals surface area contributed by atoms with E-state index in [1.54, 1.807) is 0 Å². The number of carbonyl (C=O) groups excluding carboxylic acids is 1. The Kier molecular flexibility index (Phi) is 5.01. The van der Waals surface area contributed by atoms with Crippen LogP contribution in [0.25, 0.3) is 0 Å². The second kappa shape index (κ2) is 6.53. The summed E-state index contributed by atoms with van der Waals surface area (Å²) in [6.45, 7) is 9.59. The zero-order valence-corrected chi connectivity index (χ0v) is 11.7. The molecule has 0 saturated carbocycles. The highest BCUT2D eigenvalue weighted by molar-refractivity contribution is 5.76. The summed E-state index contributed by atoms with van der Waals surface area (Å²) in [6, 6.07) is 0.692. The van der Waals surface area contributed by atoms with Gasteiger partial charge in [0, 0.05) is 38.6 Å². The van der Waals surface area contributed by atoms with E-state index in [2.05, 4.69) is 18.7 Å². The number of hydrogen-bond acceptors (Lipinski definition) is 3.